The largest absolute Gasteiger partial charge is 0.322 e. The van der Waals surface area contributed by atoms with Crippen molar-refractivity contribution in [1.29, 1.82) is 0 Å². The number of hydrogen-bond acceptors (Lipinski definition) is 1. The van der Waals surface area contributed by atoms with Gasteiger partial charge in [0.15, 0.2) is 0 Å². The number of nitrogens with two attached hydrogens (primary N) is 1. The summed E-state index contributed by atoms with van der Waals surface area (Å²) in [5.41, 5.74) is 8.85. The van der Waals surface area contributed by atoms with Crippen LogP contribution in [0.5, 0.6) is 0 Å². The monoisotopic (exact) mass is 229 g/mol. The number of rotatable bonds is 2. The summed E-state index contributed by atoms with van der Waals surface area (Å²) < 4.78 is 12.8. The van der Waals surface area contributed by atoms with Crippen LogP contribution in [0.4, 0.5) is 4.39 Å². The van der Waals surface area contributed by atoms with E-state index in [1.807, 2.05) is 38.1 Å². The summed E-state index contributed by atoms with van der Waals surface area (Å²) in [6.07, 6.45) is 0. The van der Waals surface area contributed by atoms with Crippen molar-refractivity contribution < 1.29 is 4.39 Å². The van der Waals surface area contributed by atoms with E-state index < -0.39 is 0 Å². The normalized spacial score (nSPS) is 11.5. The smallest absolute Gasteiger partial charge is 0.123 e. The number of benzene rings is 2. The number of hydrogen-bond donors (Lipinski definition) is 1. The summed E-state index contributed by atoms with van der Waals surface area (Å²) in [5, 5.41) is 0. The quantitative estimate of drug-likeness (QED) is 0.835. The second-order valence-corrected chi connectivity index (χ2v) is 4.81. The third-order valence-electron chi connectivity index (χ3n) is 2.81. The zero-order valence-corrected chi connectivity index (χ0v) is 10.1. The van der Waals surface area contributed by atoms with Crippen LogP contribution in [0.25, 0.3) is 11.1 Å². The third-order valence-corrected chi connectivity index (χ3v) is 2.81. The van der Waals surface area contributed by atoms with Crippen LogP contribution in [0.3, 0.4) is 0 Å². The van der Waals surface area contributed by atoms with Crippen LogP contribution in [0.15, 0.2) is 48.5 Å². The van der Waals surface area contributed by atoms with Gasteiger partial charge in [-0.05, 0) is 42.7 Å². The average Bonchev–Trinajstić information content (AvgIpc) is 2.29. The molecule has 0 aliphatic rings. The lowest BCUT2D eigenvalue weighted by Crippen LogP contribution is -2.28. The van der Waals surface area contributed by atoms with Gasteiger partial charge < -0.3 is 5.73 Å². The highest BCUT2D eigenvalue weighted by Gasteiger charge is 2.13. The Kier molecular flexibility index (Phi) is 2.99. The molecular formula is C15H16FN. The number of halogens is 1. The molecule has 1 nitrogen and oxygen atoms in total. The summed E-state index contributed by atoms with van der Waals surface area (Å²) in [4.78, 5) is 0. The van der Waals surface area contributed by atoms with Gasteiger partial charge in [-0.3, -0.25) is 0 Å². The minimum absolute atomic E-state index is 0.214. The molecule has 0 heterocycles. The van der Waals surface area contributed by atoms with E-state index in [-0.39, 0.29) is 11.4 Å². The molecular weight excluding hydrogens is 213 g/mol. The van der Waals surface area contributed by atoms with E-state index in [9.17, 15) is 4.39 Å². The van der Waals surface area contributed by atoms with Gasteiger partial charge in [-0.1, -0.05) is 36.4 Å². The van der Waals surface area contributed by atoms with Crippen molar-refractivity contribution >= 4 is 0 Å². The fourth-order valence-corrected chi connectivity index (χ4v) is 1.73. The molecule has 2 N–H and O–H groups in total. The molecule has 0 saturated heterocycles. The Bertz CT molecular complexity index is 492. The first kappa shape index (κ1) is 11.8. The predicted molar refractivity (Wildman–Crippen MR) is 69.0 cm³/mol. The lowest BCUT2D eigenvalue weighted by Gasteiger charge is -2.19. The fourth-order valence-electron chi connectivity index (χ4n) is 1.73. The summed E-state index contributed by atoms with van der Waals surface area (Å²) in [6.45, 7) is 3.94. The summed E-state index contributed by atoms with van der Waals surface area (Å²) in [5.74, 6) is -0.214. The highest BCUT2D eigenvalue weighted by Crippen LogP contribution is 2.23. The van der Waals surface area contributed by atoms with Crippen molar-refractivity contribution in [3.8, 4) is 11.1 Å². The predicted octanol–water partition coefficient (Wildman–Crippen LogP) is 3.69. The molecule has 0 aliphatic carbocycles. The molecule has 17 heavy (non-hydrogen) atoms. The first-order chi connectivity index (χ1) is 7.97. The zero-order chi connectivity index (χ0) is 12.5. The maximum absolute atomic E-state index is 12.8. The molecule has 0 radical (unpaired) electrons. The Morgan fingerprint density at radius 1 is 0.824 bits per heavy atom. The molecule has 0 aromatic heterocycles. The Morgan fingerprint density at radius 2 is 1.24 bits per heavy atom. The molecule has 0 saturated carbocycles. The van der Waals surface area contributed by atoms with Crippen LogP contribution in [0.1, 0.15) is 19.4 Å². The maximum Gasteiger partial charge on any atom is 0.123 e. The zero-order valence-electron chi connectivity index (χ0n) is 10.1. The molecule has 2 rings (SSSR count). The van der Waals surface area contributed by atoms with Crippen molar-refractivity contribution in [3.63, 3.8) is 0 Å². The van der Waals surface area contributed by atoms with Gasteiger partial charge in [0.25, 0.3) is 0 Å². The molecule has 0 spiro atoms. The van der Waals surface area contributed by atoms with Crippen LogP contribution >= 0.6 is 0 Å². The van der Waals surface area contributed by atoms with Gasteiger partial charge in [-0.15, -0.1) is 0 Å². The van der Waals surface area contributed by atoms with Crippen molar-refractivity contribution in [2.45, 2.75) is 19.4 Å². The van der Waals surface area contributed by atoms with E-state index in [1.165, 1.54) is 12.1 Å². The molecule has 0 fully saturated rings. The third kappa shape index (κ3) is 2.71. The van der Waals surface area contributed by atoms with Crippen molar-refractivity contribution in [1.82, 2.24) is 0 Å². The van der Waals surface area contributed by atoms with Crippen LogP contribution in [-0.4, -0.2) is 0 Å². The molecule has 2 aromatic carbocycles. The first-order valence-electron chi connectivity index (χ1n) is 5.62. The van der Waals surface area contributed by atoms with Crippen LogP contribution in [0.2, 0.25) is 0 Å². The van der Waals surface area contributed by atoms with Crippen molar-refractivity contribution in [3.05, 3.63) is 59.9 Å². The van der Waals surface area contributed by atoms with Crippen LogP contribution < -0.4 is 5.73 Å². The Hall–Kier alpha value is -1.67. The summed E-state index contributed by atoms with van der Waals surface area (Å²) in [6, 6.07) is 14.5. The van der Waals surface area contributed by atoms with Gasteiger partial charge in [0, 0.05) is 5.54 Å². The van der Waals surface area contributed by atoms with E-state index in [0.29, 0.717) is 0 Å². The highest BCUT2D eigenvalue weighted by atomic mass is 19.1. The van der Waals surface area contributed by atoms with Gasteiger partial charge in [-0.25, -0.2) is 4.39 Å². The van der Waals surface area contributed by atoms with E-state index in [2.05, 4.69) is 0 Å². The van der Waals surface area contributed by atoms with Gasteiger partial charge in [0.2, 0.25) is 0 Å². The van der Waals surface area contributed by atoms with Gasteiger partial charge >= 0.3 is 0 Å². The summed E-state index contributed by atoms with van der Waals surface area (Å²) >= 11 is 0. The molecule has 0 atom stereocenters. The molecule has 0 amide bonds. The molecule has 0 aliphatic heterocycles. The van der Waals surface area contributed by atoms with Crippen molar-refractivity contribution in [2.24, 2.45) is 5.73 Å². The minimum Gasteiger partial charge on any atom is -0.322 e. The maximum atomic E-state index is 12.8. The van der Waals surface area contributed by atoms with E-state index >= 15 is 0 Å². The standard InChI is InChI=1S/C15H16FN/c1-15(2,17)13-7-3-11(4-8-13)12-5-9-14(16)10-6-12/h3-10H,17H2,1-2H3. The van der Waals surface area contributed by atoms with Crippen LogP contribution in [-0.2, 0) is 5.54 Å². The van der Waals surface area contributed by atoms with E-state index in [0.717, 1.165) is 16.7 Å². The molecule has 88 valence electrons. The van der Waals surface area contributed by atoms with Crippen LogP contribution in [0, 0.1) is 5.82 Å². The second kappa shape index (κ2) is 4.30. The van der Waals surface area contributed by atoms with E-state index in [1.54, 1.807) is 12.1 Å². The lowest BCUT2D eigenvalue weighted by atomic mass is 9.93. The Labute approximate surface area is 101 Å². The molecule has 2 heteroatoms. The van der Waals surface area contributed by atoms with Gasteiger partial charge in [-0.2, -0.15) is 0 Å². The Morgan fingerprint density at radius 3 is 1.65 bits per heavy atom. The summed E-state index contributed by atoms with van der Waals surface area (Å²) in [7, 11) is 0. The average molecular weight is 229 g/mol. The lowest BCUT2D eigenvalue weighted by molar-refractivity contribution is 0.554. The molecule has 0 unspecified atom stereocenters. The highest BCUT2D eigenvalue weighted by molar-refractivity contribution is 5.63. The van der Waals surface area contributed by atoms with E-state index in [4.69, 9.17) is 5.73 Å². The molecule has 0 bridgehead atoms. The van der Waals surface area contributed by atoms with Gasteiger partial charge in [0.05, 0.1) is 0 Å². The Balaban J connectivity index is 2.33. The first-order valence-corrected chi connectivity index (χ1v) is 5.62. The van der Waals surface area contributed by atoms with Crippen molar-refractivity contribution in [2.75, 3.05) is 0 Å². The second-order valence-electron chi connectivity index (χ2n) is 4.81. The SMILES string of the molecule is CC(C)(N)c1ccc(-c2ccc(F)cc2)cc1. The fraction of sp³-hybridized carbons (Fsp3) is 0.200. The topological polar surface area (TPSA) is 26.0 Å². The molecule has 2 aromatic rings. The minimum atomic E-state index is -0.332. The van der Waals surface area contributed by atoms with Gasteiger partial charge in [0.1, 0.15) is 5.82 Å².